The van der Waals surface area contributed by atoms with Crippen LogP contribution in [0.2, 0.25) is 0 Å². The summed E-state index contributed by atoms with van der Waals surface area (Å²) in [5.74, 6) is 0.107. The Morgan fingerprint density at radius 3 is 2.44 bits per heavy atom. The van der Waals surface area contributed by atoms with Gasteiger partial charge in [-0.3, -0.25) is 0 Å². The van der Waals surface area contributed by atoms with Crippen molar-refractivity contribution < 1.29 is 0 Å². The number of anilines is 1. The van der Waals surface area contributed by atoms with Gasteiger partial charge in [0.15, 0.2) is 0 Å². The van der Waals surface area contributed by atoms with Crippen LogP contribution in [0.25, 0.3) is 0 Å². The third kappa shape index (κ3) is 3.94. The number of rotatable bonds is 6. The van der Waals surface area contributed by atoms with Crippen LogP contribution in [0.5, 0.6) is 0 Å². The lowest BCUT2D eigenvalue weighted by Crippen LogP contribution is -2.11. The average molecular weight is 216 g/mol. The zero-order valence-electron chi connectivity index (χ0n) is 10.2. The van der Waals surface area contributed by atoms with Crippen molar-refractivity contribution in [3.63, 3.8) is 0 Å². The molecule has 0 aliphatic heterocycles. The van der Waals surface area contributed by atoms with E-state index in [9.17, 15) is 0 Å². The Morgan fingerprint density at radius 2 is 1.94 bits per heavy atom. The molecule has 1 unspecified atom stereocenters. The lowest BCUT2D eigenvalue weighted by molar-refractivity contribution is 0.674. The number of nitrogens with one attached hydrogen (secondary N) is 1. The Morgan fingerprint density at radius 1 is 1.25 bits per heavy atom. The molecule has 2 heteroatoms. The first kappa shape index (κ1) is 12.6. The molecule has 0 bridgehead atoms. The molecule has 2 nitrogen and oxygen atoms in total. The van der Waals surface area contributed by atoms with Crippen LogP contribution in [0.4, 0.5) is 5.69 Å². The summed E-state index contributed by atoms with van der Waals surface area (Å²) < 4.78 is 0. The van der Waals surface area contributed by atoms with Gasteiger partial charge in [-0.1, -0.05) is 32.4 Å². The van der Waals surface area contributed by atoms with E-state index in [1.807, 2.05) is 6.92 Å². The van der Waals surface area contributed by atoms with Gasteiger partial charge < -0.3 is 5.32 Å². The molecule has 0 spiro atoms. The predicted octanol–water partition coefficient (Wildman–Crippen LogP) is 3.60. The molecular weight excluding hydrogens is 196 g/mol. The molecular formula is C14H20N2. The van der Waals surface area contributed by atoms with Crippen LogP contribution in [-0.4, -0.2) is 6.54 Å². The number of benzene rings is 1. The first-order valence-corrected chi connectivity index (χ1v) is 6.02. The zero-order chi connectivity index (χ0) is 11.8. The van der Waals surface area contributed by atoms with Crippen LogP contribution in [0, 0.1) is 17.2 Å². The maximum absolute atomic E-state index is 8.83. The van der Waals surface area contributed by atoms with Crippen LogP contribution in [0.1, 0.15) is 32.3 Å². The van der Waals surface area contributed by atoms with Crippen LogP contribution in [-0.2, 0) is 6.42 Å². The second-order valence-electron chi connectivity index (χ2n) is 4.06. The van der Waals surface area contributed by atoms with Crippen molar-refractivity contribution in [3.8, 4) is 6.07 Å². The summed E-state index contributed by atoms with van der Waals surface area (Å²) in [5.41, 5.74) is 2.48. The van der Waals surface area contributed by atoms with Gasteiger partial charge in [0.2, 0.25) is 0 Å². The summed E-state index contributed by atoms with van der Waals surface area (Å²) in [6, 6.07) is 10.8. The standard InChI is InChI=1S/C14H20N2/c1-3-5-13-6-8-14(9-7-13)16-11-12(4-2)10-15/h6-9,12,16H,3-5,11H2,1-2H3. The zero-order valence-corrected chi connectivity index (χ0v) is 10.2. The molecule has 1 rings (SSSR count). The summed E-state index contributed by atoms with van der Waals surface area (Å²) in [5, 5.41) is 12.1. The molecule has 0 saturated heterocycles. The normalized spacial score (nSPS) is 11.8. The summed E-state index contributed by atoms with van der Waals surface area (Å²) in [6.45, 7) is 4.96. The number of hydrogen-bond acceptors (Lipinski definition) is 2. The Kier molecular flexibility index (Phi) is 5.42. The van der Waals surface area contributed by atoms with Gasteiger partial charge in [-0.2, -0.15) is 5.26 Å². The van der Waals surface area contributed by atoms with E-state index in [1.165, 1.54) is 12.0 Å². The molecule has 86 valence electrons. The van der Waals surface area contributed by atoms with Crippen molar-refractivity contribution in [2.75, 3.05) is 11.9 Å². The highest BCUT2D eigenvalue weighted by atomic mass is 14.9. The SMILES string of the molecule is CCCc1ccc(NCC(C#N)CC)cc1. The van der Waals surface area contributed by atoms with Gasteiger partial charge in [0.05, 0.1) is 12.0 Å². The molecule has 0 amide bonds. The van der Waals surface area contributed by atoms with E-state index in [0.29, 0.717) is 0 Å². The largest absolute Gasteiger partial charge is 0.384 e. The molecule has 0 aromatic heterocycles. The van der Waals surface area contributed by atoms with Gasteiger partial charge in [0, 0.05) is 12.2 Å². The molecule has 0 aliphatic carbocycles. The van der Waals surface area contributed by atoms with Gasteiger partial charge >= 0.3 is 0 Å². The molecule has 0 fully saturated rings. The lowest BCUT2D eigenvalue weighted by Gasteiger charge is -2.10. The van der Waals surface area contributed by atoms with E-state index in [1.54, 1.807) is 0 Å². The summed E-state index contributed by atoms with van der Waals surface area (Å²) in [4.78, 5) is 0. The molecule has 0 heterocycles. The van der Waals surface area contributed by atoms with Gasteiger partial charge in [-0.15, -0.1) is 0 Å². The minimum atomic E-state index is 0.107. The maximum atomic E-state index is 8.83. The topological polar surface area (TPSA) is 35.8 Å². The highest BCUT2D eigenvalue weighted by Gasteiger charge is 2.03. The third-order valence-electron chi connectivity index (χ3n) is 2.72. The lowest BCUT2D eigenvalue weighted by atomic mass is 10.1. The molecule has 0 saturated carbocycles. The van der Waals surface area contributed by atoms with Gasteiger partial charge in [0.25, 0.3) is 0 Å². The molecule has 0 aliphatic rings. The van der Waals surface area contributed by atoms with Crippen LogP contribution in [0.3, 0.4) is 0 Å². The molecule has 0 radical (unpaired) electrons. The van der Waals surface area contributed by atoms with Gasteiger partial charge in [0.1, 0.15) is 0 Å². The van der Waals surface area contributed by atoms with E-state index in [2.05, 4.69) is 42.6 Å². The van der Waals surface area contributed by atoms with Crippen molar-refractivity contribution in [3.05, 3.63) is 29.8 Å². The first-order chi connectivity index (χ1) is 7.80. The van der Waals surface area contributed by atoms with E-state index in [0.717, 1.165) is 25.1 Å². The maximum Gasteiger partial charge on any atom is 0.0674 e. The van der Waals surface area contributed by atoms with Gasteiger partial charge in [-0.05, 0) is 30.5 Å². The Bertz CT molecular complexity index is 335. The van der Waals surface area contributed by atoms with E-state index >= 15 is 0 Å². The fourth-order valence-corrected chi connectivity index (χ4v) is 1.60. The molecule has 16 heavy (non-hydrogen) atoms. The average Bonchev–Trinajstić information content (AvgIpc) is 2.33. The Hall–Kier alpha value is -1.49. The summed E-state index contributed by atoms with van der Waals surface area (Å²) in [7, 11) is 0. The fraction of sp³-hybridized carbons (Fsp3) is 0.500. The minimum Gasteiger partial charge on any atom is -0.384 e. The quantitative estimate of drug-likeness (QED) is 0.788. The summed E-state index contributed by atoms with van der Waals surface area (Å²) in [6.07, 6.45) is 3.21. The third-order valence-corrected chi connectivity index (χ3v) is 2.72. The van der Waals surface area contributed by atoms with Crippen molar-refractivity contribution in [2.24, 2.45) is 5.92 Å². The van der Waals surface area contributed by atoms with Crippen LogP contribution >= 0.6 is 0 Å². The Balaban J connectivity index is 2.46. The fourth-order valence-electron chi connectivity index (χ4n) is 1.60. The van der Waals surface area contributed by atoms with E-state index in [-0.39, 0.29) is 5.92 Å². The second kappa shape index (κ2) is 6.90. The number of nitriles is 1. The highest BCUT2D eigenvalue weighted by Crippen LogP contribution is 2.12. The molecule has 1 aromatic rings. The van der Waals surface area contributed by atoms with Crippen LogP contribution < -0.4 is 5.32 Å². The molecule has 1 N–H and O–H groups in total. The Labute approximate surface area is 98.3 Å². The first-order valence-electron chi connectivity index (χ1n) is 6.02. The minimum absolute atomic E-state index is 0.107. The summed E-state index contributed by atoms with van der Waals surface area (Å²) >= 11 is 0. The monoisotopic (exact) mass is 216 g/mol. The van der Waals surface area contributed by atoms with Gasteiger partial charge in [-0.25, -0.2) is 0 Å². The van der Waals surface area contributed by atoms with Crippen molar-refractivity contribution in [1.82, 2.24) is 0 Å². The number of hydrogen-bond donors (Lipinski definition) is 1. The number of nitrogens with zero attached hydrogens (tertiary/aromatic N) is 1. The smallest absolute Gasteiger partial charge is 0.0674 e. The van der Waals surface area contributed by atoms with E-state index < -0.39 is 0 Å². The second-order valence-corrected chi connectivity index (χ2v) is 4.06. The molecule has 1 atom stereocenters. The highest BCUT2D eigenvalue weighted by molar-refractivity contribution is 5.44. The van der Waals surface area contributed by atoms with Crippen molar-refractivity contribution in [1.29, 1.82) is 5.26 Å². The van der Waals surface area contributed by atoms with Crippen LogP contribution in [0.15, 0.2) is 24.3 Å². The van der Waals surface area contributed by atoms with Crippen molar-refractivity contribution >= 4 is 5.69 Å². The van der Waals surface area contributed by atoms with E-state index in [4.69, 9.17) is 5.26 Å². The predicted molar refractivity (Wildman–Crippen MR) is 68.3 cm³/mol. The van der Waals surface area contributed by atoms with Crippen molar-refractivity contribution in [2.45, 2.75) is 33.1 Å². The number of aryl methyl sites for hydroxylation is 1. The molecule has 1 aromatic carbocycles.